The van der Waals surface area contributed by atoms with E-state index in [4.69, 9.17) is 4.74 Å². The maximum absolute atomic E-state index is 11.9. The van der Waals surface area contributed by atoms with Crippen LogP contribution < -0.4 is 15.0 Å². The molecule has 2 rings (SSSR count). The van der Waals surface area contributed by atoms with Gasteiger partial charge in [0.1, 0.15) is 5.75 Å². The lowest BCUT2D eigenvalue weighted by molar-refractivity contribution is -0.130. The molecule has 1 heterocycles. The molecule has 0 aliphatic carbocycles. The quantitative estimate of drug-likeness (QED) is 0.870. The molecule has 1 fully saturated rings. The van der Waals surface area contributed by atoms with Crippen molar-refractivity contribution in [3.63, 3.8) is 0 Å². The molecule has 1 saturated heterocycles. The number of benzene rings is 1. The molecular weight excluding hydrogens is 254 g/mol. The van der Waals surface area contributed by atoms with E-state index >= 15 is 0 Å². The summed E-state index contributed by atoms with van der Waals surface area (Å²) in [4.78, 5) is 16.1. The lowest BCUT2D eigenvalue weighted by Gasteiger charge is -2.36. The Labute approximate surface area is 120 Å². The summed E-state index contributed by atoms with van der Waals surface area (Å²) >= 11 is 0. The van der Waals surface area contributed by atoms with E-state index in [9.17, 15) is 4.79 Å². The van der Waals surface area contributed by atoms with Crippen molar-refractivity contribution >= 4 is 11.6 Å². The van der Waals surface area contributed by atoms with Crippen LogP contribution in [-0.2, 0) is 4.79 Å². The van der Waals surface area contributed by atoms with Gasteiger partial charge in [-0.25, -0.2) is 0 Å². The number of hydrogen-bond acceptors (Lipinski definition) is 4. The highest BCUT2D eigenvalue weighted by molar-refractivity contribution is 5.78. The predicted molar refractivity (Wildman–Crippen MR) is 80.3 cm³/mol. The molecular formula is C15H23N3O2. The van der Waals surface area contributed by atoms with Gasteiger partial charge in [-0.3, -0.25) is 4.79 Å². The Morgan fingerprint density at radius 1 is 1.20 bits per heavy atom. The third-order valence-electron chi connectivity index (χ3n) is 3.60. The number of ether oxygens (including phenoxy) is 1. The minimum atomic E-state index is 0.196. The number of anilines is 1. The predicted octanol–water partition coefficient (Wildman–Crippen LogP) is 0.953. The Kier molecular flexibility index (Phi) is 5.24. The van der Waals surface area contributed by atoms with E-state index in [1.807, 2.05) is 24.0 Å². The van der Waals surface area contributed by atoms with E-state index in [-0.39, 0.29) is 5.91 Å². The van der Waals surface area contributed by atoms with Crippen molar-refractivity contribution in [2.24, 2.45) is 0 Å². The van der Waals surface area contributed by atoms with E-state index in [0.717, 1.165) is 38.5 Å². The second-order valence-electron chi connectivity index (χ2n) is 4.85. The van der Waals surface area contributed by atoms with Crippen LogP contribution in [0.5, 0.6) is 5.75 Å². The number of piperazine rings is 1. The maximum atomic E-state index is 11.9. The molecule has 0 saturated carbocycles. The topological polar surface area (TPSA) is 44.8 Å². The molecule has 1 aliphatic rings. The Balaban J connectivity index is 1.85. The fourth-order valence-corrected chi connectivity index (χ4v) is 2.35. The zero-order valence-electron chi connectivity index (χ0n) is 12.3. The zero-order chi connectivity index (χ0) is 14.4. The molecule has 1 aromatic rings. The first-order valence-electron chi connectivity index (χ1n) is 7.12. The minimum Gasteiger partial charge on any atom is -0.497 e. The van der Waals surface area contributed by atoms with Crippen LogP contribution in [0.15, 0.2) is 24.3 Å². The molecule has 0 aromatic heterocycles. The Hall–Kier alpha value is -1.75. The number of likely N-dealkylation sites (N-methyl/N-ethyl adjacent to an activating group) is 1. The molecule has 0 radical (unpaired) electrons. The number of methoxy groups -OCH3 is 1. The van der Waals surface area contributed by atoms with Gasteiger partial charge in [-0.15, -0.1) is 0 Å². The van der Waals surface area contributed by atoms with Crippen LogP contribution in [0.3, 0.4) is 0 Å². The normalized spacial score (nSPS) is 15.3. The molecule has 0 atom stereocenters. The number of hydrogen-bond donors (Lipinski definition) is 1. The van der Waals surface area contributed by atoms with Gasteiger partial charge in [0.2, 0.25) is 5.91 Å². The minimum absolute atomic E-state index is 0.196. The molecule has 0 spiro atoms. The molecule has 0 bridgehead atoms. The first-order chi connectivity index (χ1) is 9.74. The van der Waals surface area contributed by atoms with Crippen LogP contribution in [0.2, 0.25) is 0 Å². The van der Waals surface area contributed by atoms with E-state index in [1.54, 1.807) is 7.11 Å². The number of amides is 1. The smallest absolute Gasteiger partial charge is 0.236 e. The summed E-state index contributed by atoms with van der Waals surface area (Å²) in [5.74, 6) is 1.06. The standard InChI is InChI=1S/C15H23N3O2/c1-3-16-12-15(19)18-10-8-17(9-11-18)13-4-6-14(20-2)7-5-13/h4-7,16H,3,8-12H2,1-2H3. The lowest BCUT2D eigenvalue weighted by atomic mass is 10.2. The monoisotopic (exact) mass is 277 g/mol. The lowest BCUT2D eigenvalue weighted by Crippen LogP contribution is -2.50. The highest BCUT2D eigenvalue weighted by Gasteiger charge is 2.20. The van der Waals surface area contributed by atoms with Gasteiger partial charge in [0, 0.05) is 31.9 Å². The fraction of sp³-hybridized carbons (Fsp3) is 0.533. The summed E-state index contributed by atoms with van der Waals surface area (Å²) < 4.78 is 5.16. The van der Waals surface area contributed by atoms with Crippen molar-refractivity contribution in [3.05, 3.63) is 24.3 Å². The van der Waals surface area contributed by atoms with Crippen molar-refractivity contribution in [3.8, 4) is 5.75 Å². The first-order valence-corrected chi connectivity index (χ1v) is 7.12. The van der Waals surface area contributed by atoms with Crippen LogP contribution >= 0.6 is 0 Å². The Bertz CT molecular complexity index is 425. The van der Waals surface area contributed by atoms with E-state index < -0.39 is 0 Å². The van der Waals surface area contributed by atoms with Gasteiger partial charge >= 0.3 is 0 Å². The average molecular weight is 277 g/mol. The Morgan fingerprint density at radius 3 is 2.40 bits per heavy atom. The van der Waals surface area contributed by atoms with Crippen LogP contribution in [0.4, 0.5) is 5.69 Å². The summed E-state index contributed by atoms with van der Waals surface area (Å²) in [7, 11) is 1.67. The molecule has 1 aromatic carbocycles. The molecule has 5 nitrogen and oxygen atoms in total. The second kappa shape index (κ2) is 7.14. The number of nitrogens with one attached hydrogen (secondary N) is 1. The van der Waals surface area contributed by atoms with Gasteiger partial charge in [0.25, 0.3) is 0 Å². The van der Waals surface area contributed by atoms with Gasteiger partial charge in [0.15, 0.2) is 0 Å². The Morgan fingerprint density at radius 2 is 1.85 bits per heavy atom. The second-order valence-corrected chi connectivity index (χ2v) is 4.85. The largest absolute Gasteiger partial charge is 0.497 e. The van der Waals surface area contributed by atoms with Crippen LogP contribution in [0.25, 0.3) is 0 Å². The van der Waals surface area contributed by atoms with Crippen LogP contribution in [0, 0.1) is 0 Å². The van der Waals surface area contributed by atoms with Crippen molar-refractivity contribution in [1.29, 1.82) is 0 Å². The molecule has 1 N–H and O–H groups in total. The molecule has 110 valence electrons. The number of rotatable bonds is 5. The average Bonchev–Trinajstić information content (AvgIpc) is 2.53. The first kappa shape index (κ1) is 14.7. The van der Waals surface area contributed by atoms with Gasteiger partial charge in [-0.2, -0.15) is 0 Å². The number of carbonyl (C=O) groups is 1. The van der Waals surface area contributed by atoms with Crippen molar-refractivity contribution in [2.75, 3.05) is 51.3 Å². The highest BCUT2D eigenvalue weighted by atomic mass is 16.5. The third kappa shape index (κ3) is 3.63. The van der Waals surface area contributed by atoms with Gasteiger partial charge in [-0.1, -0.05) is 6.92 Å². The molecule has 1 aliphatic heterocycles. The van der Waals surface area contributed by atoms with Crippen LogP contribution in [-0.4, -0.2) is 57.2 Å². The van der Waals surface area contributed by atoms with Gasteiger partial charge < -0.3 is 19.9 Å². The van der Waals surface area contributed by atoms with Gasteiger partial charge in [0.05, 0.1) is 13.7 Å². The molecule has 5 heteroatoms. The zero-order valence-corrected chi connectivity index (χ0v) is 12.3. The van der Waals surface area contributed by atoms with E-state index in [1.165, 1.54) is 5.69 Å². The molecule has 20 heavy (non-hydrogen) atoms. The summed E-state index contributed by atoms with van der Waals surface area (Å²) in [6, 6.07) is 8.07. The maximum Gasteiger partial charge on any atom is 0.236 e. The number of nitrogens with zero attached hydrogens (tertiary/aromatic N) is 2. The highest BCUT2D eigenvalue weighted by Crippen LogP contribution is 2.20. The van der Waals surface area contributed by atoms with Crippen molar-refractivity contribution in [2.45, 2.75) is 6.92 Å². The van der Waals surface area contributed by atoms with Gasteiger partial charge in [-0.05, 0) is 30.8 Å². The number of carbonyl (C=O) groups excluding carboxylic acids is 1. The summed E-state index contributed by atoms with van der Waals surface area (Å²) in [6.45, 7) is 6.62. The SMILES string of the molecule is CCNCC(=O)N1CCN(c2ccc(OC)cc2)CC1. The van der Waals surface area contributed by atoms with E-state index in [2.05, 4.69) is 22.3 Å². The van der Waals surface area contributed by atoms with Crippen molar-refractivity contribution < 1.29 is 9.53 Å². The fourth-order valence-electron chi connectivity index (χ4n) is 2.35. The van der Waals surface area contributed by atoms with Crippen LogP contribution in [0.1, 0.15) is 6.92 Å². The van der Waals surface area contributed by atoms with Crippen molar-refractivity contribution in [1.82, 2.24) is 10.2 Å². The summed E-state index contributed by atoms with van der Waals surface area (Å²) in [5.41, 5.74) is 1.18. The third-order valence-corrected chi connectivity index (χ3v) is 3.60. The summed E-state index contributed by atoms with van der Waals surface area (Å²) in [6.07, 6.45) is 0. The molecule has 1 amide bonds. The summed E-state index contributed by atoms with van der Waals surface area (Å²) in [5, 5.41) is 3.08. The molecule has 0 unspecified atom stereocenters. The van der Waals surface area contributed by atoms with E-state index in [0.29, 0.717) is 6.54 Å².